The van der Waals surface area contributed by atoms with Crippen LogP contribution in [0.4, 0.5) is 0 Å². The van der Waals surface area contributed by atoms with Gasteiger partial charge in [0.25, 0.3) is 0 Å². The quantitative estimate of drug-likeness (QED) is 0.319. The molecule has 0 saturated carbocycles. The Morgan fingerprint density at radius 2 is 1.79 bits per heavy atom. The van der Waals surface area contributed by atoms with E-state index < -0.39 is 35.9 Å². The number of nitrogens with two attached hydrogens (primary N) is 1. The molecule has 9 heteroatoms. The van der Waals surface area contributed by atoms with Crippen LogP contribution < -0.4 is 16.4 Å². The Morgan fingerprint density at radius 3 is 2.41 bits per heavy atom. The van der Waals surface area contributed by atoms with Crippen LogP contribution >= 0.6 is 12.6 Å². The Bertz CT molecular complexity index is 867. The van der Waals surface area contributed by atoms with Gasteiger partial charge in [0, 0.05) is 29.3 Å². The van der Waals surface area contributed by atoms with Gasteiger partial charge in [0.15, 0.2) is 0 Å². The average Bonchev–Trinajstić information content (AvgIpc) is 3.07. The maximum absolute atomic E-state index is 12.8. The van der Waals surface area contributed by atoms with E-state index in [4.69, 9.17) is 5.73 Å². The van der Waals surface area contributed by atoms with Crippen LogP contribution in [0.3, 0.4) is 0 Å². The van der Waals surface area contributed by atoms with Gasteiger partial charge in [0.05, 0.1) is 6.04 Å². The van der Waals surface area contributed by atoms with Crippen LogP contribution in [0.15, 0.2) is 30.5 Å². The normalized spacial score (nSPS) is 14.4. The van der Waals surface area contributed by atoms with E-state index in [0.29, 0.717) is 6.42 Å². The number of para-hydroxylation sites is 1. The highest BCUT2D eigenvalue weighted by Crippen LogP contribution is 2.19. The maximum atomic E-state index is 12.8. The van der Waals surface area contributed by atoms with Gasteiger partial charge in [-0.15, -0.1) is 0 Å². The molecule has 1 aromatic heterocycles. The van der Waals surface area contributed by atoms with Crippen LogP contribution in [0.5, 0.6) is 0 Å². The van der Waals surface area contributed by atoms with Crippen LogP contribution in [-0.4, -0.2) is 51.8 Å². The van der Waals surface area contributed by atoms with Crippen molar-refractivity contribution in [2.45, 2.75) is 44.8 Å². The molecule has 1 heterocycles. The highest BCUT2D eigenvalue weighted by atomic mass is 32.1. The zero-order valence-corrected chi connectivity index (χ0v) is 17.4. The number of hydrogen-bond donors (Lipinski definition) is 6. The summed E-state index contributed by atoms with van der Waals surface area (Å²) in [5.41, 5.74) is 7.69. The number of thiol groups is 1. The number of benzene rings is 1. The molecule has 158 valence electrons. The summed E-state index contributed by atoms with van der Waals surface area (Å²) < 4.78 is 0. The number of aromatic amines is 1. The Labute approximate surface area is 175 Å². The molecule has 0 aliphatic carbocycles. The number of carbonyl (C=O) groups excluding carboxylic acids is 2. The summed E-state index contributed by atoms with van der Waals surface area (Å²) in [7, 11) is 0. The lowest BCUT2D eigenvalue weighted by Crippen LogP contribution is -2.55. The Balaban J connectivity index is 2.23. The second-order valence-electron chi connectivity index (χ2n) is 7.44. The fourth-order valence-electron chi connectivity index (χ4n) is 3.08. The molecule has 0 aliphatic rings. The molecule has 2 amide bonds. The fraction of sp³-hybridized carbons (Fsp3) is 0.450. The molecule has 1 aromatic carbocycles. The first-order valence-corrected chi connectivity index (χ1v) is 10.1. The number of carboxylic acid groups (broad SMARTS) is 1. The molecule has 0 bridgehead atoms. The first kappa shape index (κ1) is 22.8. The van der Waals surface area contributed by atoms with Gasteiger partial charge in [-0.25, -0.2) is 4.79 Å². The van der Waals surface area contributed by atoms with Crippen molar-refractivity contribution in [2.24, 2.45) is 11.7 Å². The van der Waals surface area contributed by atoms with Crippen molar-refractivity contribution in [3.63, 3.8) is 0 Å². The first-order chi connectivity index (χ1) is 13.7. The summed E-state index contributed by atoms with van der Waals surface area (Å²) in [6, 6.07) is 4.71. The molecule has 0 saturated heterocycles. The second kappa shape index (κ2) is 10.3. The number of aromatic nitrogens is 1. The number of aliphatic carboxylic acids is 1. The second-order valence-corrected chi connectivity index (χ2v) is 7.81. The van der Waals surface area contributed by atoms with Crippen molar-refractivity contribution in [3.05, 3.63) is 36.0 Å². The zero-order valence-electron chi connectivity index (χ0n) is 16.5. The lowest BCUT2D eigenvalue weighted by Gasteiger charge is -2.23. The van der Waals surface area contributed by atoms with Gasteiger partial charge >= 0.3 is 5.97 Å². The lowest BCUT2D eigenvalue weighted by atomic mass is 10.0. The van der Waals surface area contributed by atoms with Crippen molar-refractivity contribution in [1.82, 2.24) is 15.6 Å². The van der Waals surface area contributed by atoms with Gasteiger partial charge in [-0.2, -0.15) is 12.6 Å². The minimum absolute atomic E-state index is 0.0678. The molecule has 0 unspecified atom stereocenters. The van der Waals surface area contributed by atoms with Crippen molar-refractivity contribution >= 4 is 41.3 Å². The summed E-state index contributed by atoms with van der Waals surface area (Å²) in [5, 5.41) is 15.2. The number of rotatable bonds is 10. The minimum atomic E-state index is -1.19. The first-order valence-electron chi connectivity index (χ1n) is 9.47. The number of hydrogen-bond acceptors (Lipinski definition) is 5. The molecule has 2 rings (SSSR count). The number of carboxylic acids is 1. The maximum Gasteiger partial charge on any atom is 0.327 e. The van der Waals surface area contributed by atoms with E-state index in [1.807, 2.05) is 38.1 Å². The summed E-state index contributed by atoms with van der Waals surface area (Å²) >= 11 is 3.97. The van der Waals surface area contributed by atoms with Gasteiger partial charge in [0.2, 0.25) is 11.8 Å². The minimum Gasteiger partial charge on any atom is -0.480 e. The summed E-state index contributed by atoms with van der Waals surface area (Å²) in [4.78, 5) is 39.7. The number of H-pyrrole nitrogens is 1. The molecule has 0 aliphatic heterocycles. The van der Waals surface area contributed by atoms with E-state index in [-0.39, 0.29) is 18.1 Å². The fourth-order valence-corrected chi connectivity index (χ4v) is 3.33. The lowest BCUT2D eigenvalue weighted by molar-refractivity contribution is -0.141. The Morgan fingerprint density at radius 1 is 1.14 bits per heavy atom. The third kappa shape index (κ3) is 6.23. The van der Waals surface area contributed by atoms with Crippen LogP contribution in [0, 0.1) is 5.92 Å². The van der Waals surface area contributed by atoms with Gasteiger partial charge in [-0.1, -0.05) is 32.0 Å². The van der Waals surface area contributed by atoms with Gasteiger partial charge < -0.3 is 26.5 Å². The molecular weight excluding hydrogens is 392 g/mol. The van der Waals surface area contributed by atoms with Crippen molar-refractivity contribution < 1.29 is 19.5 Å². The third-order valence-corrected chi connectivity index (χ3v) is 4.96. The molecule has 6 N–H and O–H groups in total. The highest BCUT2D eigenvalue weighted by molar-refractivity contribution is 7.80. The molecule has 0 spiro atoms. The predicted octanol–water partition coefficient (Wildman–Crippen LogP) is 1.07. The van der Waals surface area contributed by atoms with Crippen molar-refractivity contribution in [3.8, 4) is 0 Å². The van der Waals surface area contributed by atoms with Crippen molar-refractivity contribution in [1.29, 1.82) is 0 Å². The van der Waals surface area contributed by atoms with E-state index in [0.717, 1.165) is 16.5 Å². The standard InChI is InChI=1S/C20H28N4O4S/c1-11(2)7-14(21)18(25)23-16(19(26)24-17(10-29)20(27)28)8-12-9-22-15-6-4-3-5-13(12)15/h3-6,9,11,14,16-17,22,29H,7-8,10,21H2,1-2H3,(H,23,25)(H,24,26)(H,27,28)/t14-,16-,17-/m0/s1. The van der Waals surface area contributed by atoms with E-state index in [1.54, 1.807) is 6.20 Å². The van der Waals surface area contributed by atoms with E-state index >= 15 is 0 Å². The largest absolute Gasteiger partial charge is 0.480 e. The predicted molar refractivity (Wildman–Crippen MR) is 115 cm³/mol. The monoisotopic (exact) mass is 420 g/mol. The molecular formula is C20H28N4O4S. The third-order valence-electron chi connectivity index (χ3n) is 4.59. The van der Waals surface area contributed by atoms with Gasteiger partial charge in [0.1, 0.15) is 12.1 Å². The zero-order chi connectivity index (χ0) is 21.6. The number of amides is 2. The number of nitrogens with one attached hydrogen (secondary N) is 3. The smallest absolute Gasteiger partial charge is 0.327 e. The van der Waals surface area contributed by atoms with Crippen LogP contribution in [0.1, 0.15) is 25.8 Å². The van der Waals surface area contributed by atoms with Gasteiger partial charge in [-0.05, 0) is 24.0 Å². The summed E-state index contributed by atoms with van der Waals surface area (Å²) in [5.74, 6) is -2.08. The van der Waals surface area contributed by atoms with E-state index in [9.17, 15) is 19.5 Å². The molecule has 3 atom stereocenters. The van der Waals surface area contributed by atoms with E-state index in [1.165, 1.54) is 0 Å². The van der Waals surface area contributed by atoms with Crippen LogP contribution in [0.2, 0.25) is 0 Å². The van der Waals surface area contributed by atoms with Gasteiger partial charge in [-0.3, -0.25) is 9.59 Å². The molecule has 0 fully saturated rings. The SMILES string of the molecule is CC(C)C[C@H](N)C(=O)N[C@@H](Cc1c[nH]c2ccccc12)C(=O)N[C@@H](CS)C(=O)O. The number of carbonyl (C=O) groups is 3. The molecule has 8 nitrogen and oxygen atoms in total. The molecule has 0 radical (unpaired) electrons. The summed E-state index contributed by atoms with van der Waals surface area (Å²) in [6.07, 6.45) is 2.44. The van der Waals surface area contributed by atoms with Crippen molar-refractivity contribution in [2.75, 3.05) is 5.75 Å². The van der Waals surface area contributed by atoms with E-state index in [2.05, 4.69) is 28.2 Å². The van der Waals surface area contributed by atoms with Crippen LogP contribution in [-0.2, 0) is 20.8 Å². The highest BCUT2D eigenvalue weighted by Gasteiger charge is 2.28. The Kier molecular flexibility index (Phi) is 8.10. The molecule has 2 aromatic rings. The Hall–Kier alpha value is -2.52. The topological polar surface area (TPSA) is 137 Å². The summed E-state index contributed by atoms with van der Waals surface area (Å²) in [6.45, 7) is 3.90. The average molecular weight is 421 g/mol. The van der Waals surface area contributed by atoms with Crippen LogP contribution in [0.25, 0.3) is 10.9 Å². The number of fused-ring (bicyclic) bond motifs is 1. The molecule has 29 heavy (non-hydrogen) atoms.